The number of amides is 1. The maximum Gasteiger partial charge on any atom is 0.393 e. The van der Waals surface area contributed by atoms with E-state index in [0.717, 1.165) is 13.0 Å². The number of ether oxygens (including phenoxy) is 1. The quantitative estimate of drug-likeness (QED) is 0.576. The molecule has 0 saturated heterocycles. The van der Waals surface area contributed by atoms with Crippen LogP contribution in [0.5, 0.6) is 0 Å². The molecule has 0 aromatic heterocycles. The molecule has 1 aromatic carbocycles. The molecule has 25 heavy (non-hydrogen) atoms. The Bertz CT molecular complexity index is 620. The summed E-state index contributed by atoms with van der Waals surface area (Å²) >= 11 is 0. The fourth-order valence-corrected chi connectivity index (χ4v) is 1.95. The van der Waals surface area contributed by atoms with Crippen LogP contribution in [0.1, 0.15) is 25.8 Å². The number of carbonyl (C=O) groups is 2. The molecule has 140 valence electrons. The van der Waals surface area contributed by atoms with Crippen molar-refractivity contribution in [3.05, 3.63) is 29.6 Å². The fraction of sp³-hybridized carbons (Fsp3) is 0.500. The van der Waals surface area contributed by atoms with Gasteiger partial charge in [0.2, 0.25) is 5.91 Å². The first kappa shape index (κ1) is 20.9. The topological polar surface area (TPSA) is 81.4 Å². The second kappa shape index (κ2) is 8.80. The maximum atomic E-state index is 13.8. The van der Waals surface area contributed by atoms with Gasteiger partial charge < -0.3 is 15.8 Å². The van der Waals surface area contributed by atoms with E-state index < -0.39 is 35.8 Å². The van der Waals surface area contributed by atoms with E-state index in [9.17, 15) is 27.2 Å². The first-order chi connectivity index (χ1) is 11.6. The molecule has 1 rings (SSSR count). The van der Waals surface area contributed by atoms with Crippen LogP contribution in [0, 0.1) is 11.7 Å². The summed E-state index contributed by atoms with van der Waals surface area (Å²) in [7, 11) is 0. The van der Waals surface area contributed by atoms with E-state index >= 15 is 0 Å². The lowest BCUT2D eigenvalue weighted by atomic mass is 10.0. The SMILES string of the molecule is CCOC(=O)CCc1ccc(F)c(NC(=O)C(N)C(C)C(F)(F)F)c1. The van der Waals surface area contributed by atoms with Gasteiger partial charge in [-0.1, -0.05) is 13.0 Å². The van der Waals surface area contributed by atoms with Crippen LogP contribution in [-0.4, -0.2) is 30.7 Å². The van der Waals surface area contributed by atoms with E-state index in [4.69, 9.17) is 10.5 Å². The van der Waals surface area contributed by atoms with Crippen molar-refractivity contribution in [2.75, 3.05) is 11.9 Å². The average Bonchev–Trinajstić information content (AvgIpc) is 2.53. The third kappa shape index (κ3) is 6.33. The minimum atomic E-state index is -4.64. The molecule has 2 unspecified atom stereocenters. The number of halogens is 4. The number of alkyl halides is 3. The van der Waals surface area contributed by atoms with Crippen LogP contribution < -0.4 is 11.1 Å². The molecular weight excluding hydrogens is 344 g/mol. The highest BCUT2D eigenvalue weighted by Gasteiger charge is 2.42. The summed E-state index contributed by atoms with van der Waals surface area (Å²) in [5.41, 5.74) is 5.52. The number of aryl methyl sites for hydroxylation is 1. The Hall–Kier alpha value is -2.16. The summed E-state index contributed by atoms with van der Waals surface area (Å²) in [6.07, 6.45) is -4.36. The van der Waals surface area contributed by atoms with Crippen molar-refractivity contribution in [3.8, 4) is 0 Å². The minimum Gasteiger partial charge on any atom is -0.466 e. The number of esters is 1. The second-order valence-electron chi connectivity index (χ2n) is 5.46. The number of anilines is 1. The molecule has 1 aromatic rings. The van der Waals surface area contributed by atoms with E-state index in [1.54, 1.807) is 6.92 Å². The van der Waals surface area contributed by atoms with Crippen LogP contribution >= 0.6 is 0 Å². The summed E-state index contributed by atoms with van der Waals surface area (Å²) in [6, 6.07) is 1.83. The molecule has 0 saturated carbocycles. The van der Waals surface area contributed by atoms with Gasteiger partial charge in [-0.25, -0.2) is 4.39 Å². The van der Waals surface area contributed by atoms with Crippen molar-refractivity contribution < 1.29 is 31.9 Å². The second-order valence-corrected chi connectivity index (χ2v) is 5.46. The Morgan fingerprint density at radius 3 is 2.52 bits per heavy atom. The van der Waals surface area contributed by atoms with E-state index in [2.05, 4.69) is 5.32 Å². The van der Waals surface area contributed by atoms with Gasteiger partial charge in [-0.2, -0.15) is 13.2 Å². The molecule has 0 spiro atoms. The molecule has 1 amide bonds. The van der Waals surface area contributed by atoms with Gasteiger partial charge in [0, 0.05) is 6.42 Å². The highest BCUT2D eigenvalue weighted by atomic mass is 19.4. The first-order valence-corrected chi connectivity index (χ1v) is 7.63. The molecule has 0 fully saturated rings. The normalized spacial score (nSPS) is 13.9. The Labute approximate surface area is 142 Å². The largest absolute Gasteiger partial charge is 0.466 e. The van der Waals surface area contributed by atoms with Crippen LogP contribution in [0.2, 0.25) is 0 Å². The Kier molecular flexibility index (Phi) is 7.35. The Morgan fingerprint density at radius 1 is 1.32 bits per heavy atom. The highest BCUT2D eigenvalue weighted by Crippen LogP contribution is 2.28. The molecule has 3 N–H and O–H groups in total. The van der Waals surface area contributed by atoms with Gasteiger partial charge in [0.15, 0.2) is 0 Å². The summed E-state index contributed by atoms with van der Waals surface area (Å²) in [4.78, 5) is 23.2. The van der Waals surface area contributed by atoms with Crippen molar-refractivity contribution in [2.24, 2.45) is 11.7 Å². The van der Waals surface area contributed by atoms with Crippen molar-refractivity contribution in [1.82, 2.24) is 0 Å². The smallest absolute Gasteiger partial charge is 0.393 e. The lowest BCUT2D eigenvalue weighted by molar-refractivity contribution is -0.176. The Morgan fingerprint density at radius 2 is 1.96 bits per heavy atom. The lowest BCUT2D eigenvalue weighted by Gasteiger charge is -2.22. The van der Waals surface area contributed by atoms with E-state index in [-0.39, 0.29) is 25.1 Å². The van der Waals surface area contributed by atoms with Gasteiger partial charge in [0.1, 0.15) is 5.82 Å². The highest BCUT2D eigenvalue weighted by molar-refractivity contribution is 5.95. The fourth-order valence-electron chi connectivity index (χ4n) is 1.95. The average molecular weight is 364 g/mol. The number of rotatable bonds is 7. The zero-order valence-electron chi connectivity index (χ0n) is 13.8. The zero-order chi connectivity index (χ0) is 19.2. The van der Waals surface area contributed by atoms with Gasteiger partial charge in [-0.05, 0) is 31.0 Å². The van der Waals surface area contributed by atoms with Gasteiger partial charge >= 0.3 is 12.1 Å². The molecule has 2 atom stereocenters. The number of hydrogen-bond acceptors (Lipinski definition) is 4. The molecule has 0 bridgehead atoms. The molecular formula is C16H20F4N2O3. The van der Waals surface area contributed by atoms with E-state index in [0.29, 0.717) is 5.56 Å². The van der Waals surface area contributed by atoms with Crippen molar-refractivity contribution in [3.63, 3.8) is 0 Å². The first-order valence-electron chi connectivity index (χ1n) is 7.63. The molecule has 0 aliphatic heterocycles. The number of benzene rings is 1. The minimum absolute atomic E-state index is 0.0531. The van der Waals surface area contributed by atoms with Gasteiger partial charge in [-0.15, -0.1) is 0 Å². The summed E-state index contributed by atoms with van der Waals surface area (Å²) in [5.74, 6) is -4.48. The molecule has 9 heteroatoms. The molecule has 0 radical (unpaired) electrons. The predicted molar refractivity (Wildman–Crippen MR) is 83.2 cm³/mol. The monoisotopic (exact) mass is 364 g/mol. The third-order valence-corrected chi connectivity index (χ3v) is 3.57. The van der Waals surface area contributed by atoms with Crippen molar-refractivity contribution in [1.29, 1.82) is 0 Å². The zero-order valence-corrected chi connectivity index (χ0v) is 13.8. The maximum absolute atomic E-state index is 13.8. The number of hydrogen-bond donors (Lipinski definition) is 2. The third-order valence-electron chi connectivity index (χ3n) is 3.57. The van der Waals surface area contributed by atoms with Gasteiger partial charge in [0.25, 0.3) is 0 Å². The lowest BCUT2D eigenvalue weighted by Crippen LogP contribution is -2.46. The standard InChI is InChI=1S/C16H20F4N2O3/c1-3-25-13(23)7-5-10-4-6-11(17)12(8-10)22-15(24)14(21)9(2)16(18,19)20/h4,6,8-9,14H,3,5,7,21H2,1-2H3,(H,22,24). The van der Waals surface area contributed by atoms with Crippen LogP contribution in [0.25, 0.3) is 0 Å². The number of nitrogens with two attached hydrogens (primary N) is 1. The van der Waals surface area contributed by atoms with Crippen LogP contribution in [-0.2, 0) is 20.7 Å². The Balaban J connectivity index is 2.79. The number of carbonyl (C=O) groups excluding carboxylic acids is 2. The predicted octanol–water partition coefficient (Wildman–Crippen LogP) is 2.79. The molecule has 0 heterocycles. The summed E-state index contributed by atoms with van der Waals surface area (Å²) in [5, 5.41) is 2.06. The molecule has 0 aliphatic rings. The summed E-state index contributed by atoms with van der Waals surface area (Å²) < 4.78 is 56.4. The molecule has 0 aliphatic carbocycles. The van der Waals surface area contributed by atoms with Crippen LogP contribution in [0.3, 0.4) is 0 Å². The van der Waals surface area contributed by atoms with Crippen LogP contribution in [0.15, 0.2) is 18.2 Å². The van der Waals surface area contributed by atoms with Crippen molar-refractivity contribution >= 4 is 17.6 Å². The van der Waals surface area contributed by atoms with Gasteiger partial charge in [0.05, 0.1) is 24.3 Å². The van der Waals surface area contributed by atoms with E-state index in [1.165, 1.54) is 12.1 Å². The molecule has 5 nitrogen and oxygen atoms in total. The van der Waals surface area contributed by atoms with Crippen LogP contribution in [0.4, 0.5) is 23.2 Å². The summed E-state index contributed by atoms with van der Waals surface area (Å²) in [6.45, 7) is 2.67. The number of nitrogens with one attached hydrogen (secondary N) is 1. The van der Waals surface area contributed by atoms with Crippen molar-refractivity contribution in [2.45, 2.75) is 38.9 Å². The van der Waals surface area contributed by atoms with E-state index in [1.807, 2.05) is 0 Å². The van der Waals surface area contributed by atoms with Gasteiger partial charge in [-0.3, -0.25) is 9.59 Å².